The molecule has 1 aromatic rings. The molecule has 5 nitrogen and oxygen atoms in total. The summed E-state index contributed by atoms with van der Waals surface area (Å²) in [6.45, 7) is 5.81. The topological polar surface area (TPSA) is 87.7 Å². The van der Waals surface area contributed by atoms with Crippen LogP contribution in [0.25, 0.3) is 0 Å². The van der Waals surface area contributed by atoms with Gasteiger partial charge in [0.1, 0.15) is 5.84 Å². The summed E-state index contributed by atoms with van der Waals surface area (Å²) in [5.74, 6) is 0.156. The lowest BCUT2D eigenvalue weighted by Gasteiger charge is -2.21. The number of amidine groups is 1. The van der Waals surface area contributed by atoms with Gasteiger partial charge in [-0.1, -0.05) is 38.1 Å². The highest BCUT2D eigenvalue weighted by molar-refractivity contribution is 5.94. The molecule has 0 fully saturated rings. The number of oxime groups is 1. The van der Waals surface area contributed by atoms with E-state index in [9.17, 15) is 4.79 Å². The fraction of sp³-hybridized carbons (Fsp3) is 0.429. The van der Waals surface area contributed by atoms with Crippen LogP contribution < -0.4 is 11.1 Å². The van der Waals surface area contributed by atoms with Crippen LogP contribution in [0.5, 0.6) is 0 Å². The van der Waals surface area contributed by atoms with Crippen molar-refractivity contribution in [3.05, 3.63) is 29.8 Å². The molecule has 0 bridgehead atoms. The Labute approximate surface area is 113 Å². The number of anilines is 1. The van der Waals surface area contributed by atoms with Crippen molar-refractivity contribution in [3.63, 3.8) is 0 Å². The van der Waals surface area contributed by atoms with E-state index < -0.39 is 0 Å². The predicted octanol–water partition coefficient (Wildman–Crippen LogP) is 2.35. The zero-order valence-electron chi connectivity index (χ0n) is 11.6. The number of benzene rings is 1. The molecule has 0 radical (unpaired) electrons. The van der Waals surface area contributed by atoms with Gasteiger partial charge >= 0.3 is 0 Å². The van der Waals surface area contributed by atoms with Crippen molar-refractivity contribution in [2.75, 3.05) is 5.32 Å². The van der Waals surface area contributed by atoms with Crippen LogP contribution >= 0.6 is 0 Å². The van der Waals surface area contributed by atoms with Crippen LogP contribution in [0, 0.1) is 5.41 Å². The first kappa shape index (κ1) is 15.0. The normalized spacial score (nSPS) is 12.3. The zero-order chi connectivity index (χ0) is 14.5. The van der Waals surface area contributed by atoms with Gasteiger partial charge in [0.25, 0.3) is 0 Å². The minimum absolute atomic E-state index is 0.000755. The van der Waals surface area contributed by atoms with Gasteiger partial charge in [-0.25, -0.2) is 0 Å². The van der Waals surface area contributed by atoms with E-state index in [1.165, 1.54) is 0 Å². The van der Waals surface area contributed by atoms with E-state index in [4.69, 9.17) is 10.9 Å². The molecule has 1 aromatic carbocycles. The summed E-state index contributed by atoms with van der Waals surface area (Å²) in [6.07, 6.45) is 1.16. The number of hydrogen-bond acceptors (Lipinski definition) is 3. The molecule has 104 valence electrons. The minimum atomic E-state index is -0.382. The SMILES string of the molecule is CCC(C)(C)C(=O)Nc1ccc(CC(N)=NO)cc1. The summed E-state index contributed by atoms with van der Waals surface area (Å²) >= 11 is 0. The summed E-state index contributed by atoms with van der Waals surface area (Å²) in [5.41, 5.74) is 6.71. The third-order valence-corrected chi connectivity index (χ3v) is 3.22. The lowest BCUT2D eigenvalue weighted by atomic mass is 9.89. The summed E-state index contributed by atoms with van der Waals surface area (Å²) in [6, 6.07) is 7.30. The van der Waals surface area contributed by atoms with Gasteiger partial charge in [-0.15, -0.1) is 0 Å². The van der Waals surface area contributed by atoms with Crippen LogP contribution in [-0.4, -0.2) is 17.0 Å². The van der Waals surface area contributed by atoms with Gasteiger partial charge in [0.2, 0.25) is 5.91 Å². The van der Waals surface area contributed by atoms with Crippen LogP contribution in [0.15, 0.2) is 29.4 Å². The Bertz CT molecular complexity index is 464. The van der Waals surface area contributed by atoms with Gasteiger partial charge in [0.15, 0.2) is 0 Å². The molecular formula is C14H21N3O2. The Morgan fingerprint density at radius 3 is 2.42 bits per heavy atom. The van der Waals surface area contributed by atoms with E-state index in [-0.39, 0.29) is 17.2 Å². The second-order valence-corrected chi connectivity index (χ2v) is 5.16. The summed E-state index contributed by atoms with van der Waals surface area (Å²) in [7, 11) is 0. The molecule has 5 heteroatoms. The molecule has 0 heterocycles. The fourth-order valence-corrected chi connectivity index (χ4v) is 1.41. The van der Waals surface area contributed by atoms with Gasteiger partial charge in [0.05, 0.1) is 0 Å². The molecule has 0 unspecified atom stereocenters. The average molecular weight is 263 g/mol. The van der Waals surface area contributed by atoms with Crippen molar-refractivity contribution in [2.24, 2.45) is 16.3 Å². The number of rotatable bonds is 5. The maximum atomic E-state index is 12.0. The maximum absolute atomic E-state index is 12.0. The second-order valence-electron chi connectivity index (χ2n) is 5.16. The van der Waals surface area contributed by atoms with Crippen molar-refractivity contribution >= 4 is 17.4 Å². The molecule has 0 aliphatic carbocycles. The quantitative estimate of drug-likeness (QED) is 0.330. The van der Waals surface area contributed by atoms with Crippen molar-refractivity contribution in [3.8, 4) is 0 Å². The highest BCUT2D eigenvalue weighted by Gasteiger charge is 2.25. The number of nitrogens with zero attached hydrogens (tertiary/aromatic N) is 1. The Kier molecular flexibility index (Phi) is 4.92. The van der Waals surface area contributed by atoms with Crippen molar-refractivity contribution in [1.82, 2.24) is 0 Å². The molecule has 19 heavy (non-hydrogen) atoms. The molecule has 1 rings (SSSR count). The Balaban J connectivity index is 2.70. The predicted molar refractivity (Wildman–Crippen MR) is 76.3 cm³/mol. The average Bonchev–Trinajstić information content (AvgIpc) is 2.40. The van der Waals surface area contributed by atoms with E-state index >= 15 is 0 Å². The fourth-order valence-electron chi connectivity index (χ4n) is 1.41. The lowest BCUT2D eigenvalue weighted by molar-refractivity contribution is -0.124. The van der Waals surface area contributed by atoms with Gasteiger partial charge in [-0.05, 0) is 24.1 Å². The summed E-state index contributed by atoms with van der Waals surface area (Å²) in [5, 5.41) is 14.3. The molecular weight excluding hydrogens is 242 g/mol. The lowest BCUT2D eigenvalue weighted by Crippen LogP contribution is -2.29. The first-order valence-corrected chi connectivity index (χ1v) is 6.26. The summed E-state index contributed by atoms with van der Waals surface area (Å²) in [4.78, 5) is 12.0. The van der Waals surface area contributed by atoms with Crippen LogP contribution in [0.2, 0.25) is 0 Å². The molecule has 1 amide bonds. The standard InChI is InChI=1S/C14H21N3O2/c1-4-14(2,3)13(18)16-11-7-5-10(6-8-11)9-12(15)17-19/h5-8,19H,4,9H2,1-3H3,(H2,15,17)(H,16,18). The number of amides is 1. The molecule has 0 atom stereocenters. The van der Waals surface area contributed by atoms with Gasteiger partial charge < -0.3 is 16.3 Å². The van der Waals surface area contributed by atoms with Crippen LogP contribution in [0.4, 0.5) is 5.69 Å². The number of carbonyl (C=O) groups excluding carboxylic acids is 1. The highest BCUT2D eigenvalue weighted by atomic mass is 16.4. The third-order valence-electron chi connectivity index (χ3n) is 3.22. The second kappa shape index (κ2) is 6.22. The first-order chi connectivity index (χ1) is 8.89. The molecule has 0 aliphatic rings. The van der Waals surface area contributed by atoms with E-state index in [1.54, 1.807) is 0 Å². The molecule has 0 saturated carbocycles. The van der Waals surface area contributed by atoms with E-state index in [0.29, 0.717) is 6.42 Å². The molecule has 0 aromatic heterocycles. The monoisotopic (exact) mass is 263 g/mol. The third kappa shape index (κ3) is 4.28. The highest BCUT2D eigenvalue weighted by Crippen LogP contribution is 2.22. The van der Waals surface area contributed by atoms with Crippen molar-refractivity contribution in [2.45, 2.75) is 33.6 Å². The first-order valence-electron chi connectivity index (χ1n) is 6.26. The Hall–Kier alpha value is -2.04. The van der Waals surface area contributed by atoms with E-state index in [2.05, 4.69) is 10.5 Å². The maximum Gasteiger partial charge on any atom is 0.230 e. The smallest absolute Gasteiger partial charge is 0.230 e. The van der Waals surface area contributed by atoms with Crippen LogP contribution in [0.1, 0.15) is 32.8 Å². The molecule has 0 saturated heterocycles. The van der Waals surface area contributed by atoms with Gasteiger partial charge in [-0.3, -0.25) is 4.79 Å². The van der Waals surface area contributed by atoms with Crippen molar-refractivity contribution in [1.29, 1.82) is 0 Å². The molecule has 0 spiro atoms. The number of nitrogens with one attached hydrogen (secondary N) is 1. The van der Waals surface area contributed by atoms with Crippen LogP contribution in [0.3, 0.4) is 0 Å². The van der Waals surface area contributed by atoms with Crippen molar-refractivity contribution < 1.29 is 10.0 Å². The summed E-state index contributed by atoms with van der Waals surface area (Å²) < 4.78 is 0. The number of hydrogen-bond donors (Lipinski definition) is 3. The minimum Gasteiger partial charge on any atom is -0.409 e. The Morgan fingerprint density at radius 2 is 1.95 bits per heavy atom. The largest absolute Gasteiger partial charge is 0.409 e. The van der Waals surface area contributed by atoms with Crippen LogP contribution in [-0.2, 0) is 11.2 Å². The number of carbonyl (C=O) groups is 1. The molecule has 4 N–H and O–H groups in total. The van der Waals surface area contributed by atoms with E-state index in [1.807, 2.05) is 45.0 Å². The Morgan fingerprint density at radius 1 is 1.37 bits per heavy atom. The molecule has 0 aliphatic heterocycles. The zero-order valence-corrected chi connectivity index (χ0v) is 11.6. The van der Waals surface area contributed by atoms with Gasteiger partial charge in [-0.2, -0.15) is 0 Å². The number of nitrogens with two attached hydrogens (primary N) is 1. The van der Waals surface area contributed by atoms with E-state index in [0.717, 1.165) is 17.7 Å². The van der Waals surface area contributed by atoms with Gasteiger partial charge in [0, 0.05) is 17.5 Å².